The Bertz CT molecular complexity index is 1260. The summed E-state index contributed by atoms with van der Waals surface area (Å²) in [7, 11) is 5.86. The lowest BCUT2D eigenvalue weighted by molar-refractivity contribution is 0.247. The number of nitrogen functional groups attached to an aromatic ring is 1. The van der Waals surface area contributed by atoms with Crippen LogP contribution in [0, 0.1) is 0 Å². The number of nitrogens with two attached hydrogens (primary N) is 1. The molecule has 0 unspecified atom stereocenters. The molecule has 3 N–H and O–H groups in total. The van der Waals surface area contributed by atoms with Gasteiger partial charge in [0.05, 0.1) is 29.7 Å². The van der Waals surface area contributed by atoms with Gasteiger partial charge in [-0.2, -0.15) is 4.98 Å². The van der Waals surface area contributed by atoms with Crippen LogP contribution in [0.15, 0.2) is 60.9 Å². The van der Waals surface area contributed by atoms with Crippen LogP contribution in [0.5, 0.6) is 5.75 Å². The summed E-state index contributed by atoms with van der Waals surface area (Å²) >= 11 is 0. The first kappa shape index (κ1) is 20.1. The number of anilines is 4. The molecule has 2 aromatic heterocycles. The SMILES string of the molecule is COc1cc(N2CC(N(C)C)C2)c(N)cc1Nc1nccc(-n2ccc3ccccc32)n1. The van der Waals surface area contributed by atoms with Gasteiger partial charge in [0.15, 0.2) is 0 Å². The highest BCUT2D eigenvalue weighted by atomic mass is 16.5. The molecule has 0 spiro atoms. The van der Waals surface area contributed by atoms with Crippen LogP contribution in [-0.2, 0) is 0 Å². The maximum Gasteiger partial charge on any atom is 0.229 e. The molecule has 0 aliphatic carbocycles. The lowest BCUT2D eigenvalue weighted by atomic mass is 10.1. The van der Waals surface area contributed by atoms with Crippen LogP contribution in [0.2, 0.25) is 0 Å². The predicted molar refractivity (Wildman–Crippen MR) is 129 cm³/mol. The van der Waals surface area contributed by atoms with E-state index in [1.165, 1.54) is 0 Å². The van der Waals surface area contributed by atoms with Crippen LogP contribution < -0.4 is 20.7 Å². The van der Waals surface area contributed by atoms with Crippen LogP contribution in [0.3, 0.4) is 0 Å². The molecule has 1 fully saturated rings. The molecule has 1 aliphatic rings. The minimum Gasteiger partial charge on any atom is -0.494 e. The minimum absolute atomic E-state index is 0.474. The molecule has 32 heavy (non-hydrogen) atoms. The molecule has 0 bridgehead atoms. The van der Waals surface area contributed by atoms with Crippen molar-refractivity contribution in [3.05, 3.63) is 60.9 Å². The highest BCUT2D eigenvalue weighted by Crippen LogP contribution is 2.38. The summed E-state index contributed by atoms with van der Waals surface area (Å²) in [5.74, 6) is 1.95. The number of aromatic nitrogens is 3. The average molecular weight is 430 g/mol. The van der Waals surface area contributed by atoms with Crippen molar-refractivity contribution in [3.8, 4) is 11.6 Å². The molecular weight excluding hydrogens is 402 g/mol. The van der Waals surface area contributed by atoms with Gasteiger partial charge < -0.3 is 30.2 Å². The number of nitrogens with one attached hydrogen (secondary N) is 1. The van der Waals surface area contributed by atoms with E-state index in [1.807, 2.05) is 41.1 Å². The van der Waals surface area contributed by atoms with Crippen molar-refractivity contribution in [2.45, 2.75) is 6.04 Å². The summed E-state index contributed by atoms with van der Waals surface area (Å²) in [4.78, 5) is 13.6. The first-order valence-electron chi connectivity index (χ1n) is 10.6. The molecule has 164 valence electrons. The van der Waals surface area contributed by atoms with E-state index in [0.717, 1.165) is 41.2 Å². The molecule has 1 aliphatic heterocycles. The Balaban J connectivity index is 1.42. The van der Waals surface area contributed by atoms with Crippen molar-refractivity contribution in [2.75, 3.05) is 50.2 Å². The minimum atomic E-state index is 0.474. The van der Waals surface area contributed by atoms with E-state index in [9.17, 15) is 0 Å². The summed E-state index contributed by atoms with van der Waals surface area (Å²) in [6.45, 7) is 1.90. The summed E-state index contributed by atoms with van der Waals surface area (Å²) in [5.41, 5.74) is 9.90. The average Bonchev–Trinajstić information content (AvgIpc) is 3.18. The Morgan fingerprint density at radius 2 is 1.94 bits per heavy atom. The number of nitrogens with zero attached hydrogens (tertiary/aromatic N) is 5. The number of likely N-dealkylation sites (N-methyl/N-ethyl adjacent to an activating group) is 1. The lowest BCUT2D eigenvalue weighted by Crippen LogP contribution is -2.57. The Kier molecular flexibility index (Phi) is 5.07. The molecule has 2 aromatic carbocycles. The number of rotatable bonds is 6. The summed E-state index contributed by atoms with van der Waals surface area (Å²) < 4.78 is 7.69. The van der Waals surface area contributed by atoms with Crippen molar-refractivity contribution < 1.29 is 4.74 Å². The Morgan fingerprint density at radius 3 is 2.72 bits per heavy atom. The maximum atomic E-state index is 6.40. The van der Waals surface area contributed by atoms with Crippen LogP contribution >= 0.6 is 0 Å². The van der Waals surface area contributed by atoms with Gasteiger partial charge in [0.2, 0.25) is 5.95 Å². The van der Waals surface area contributed by atoms with Gasteiger partial charge in [-0.1, -0.05) is 18.2 Å². The van der Waals surface area contributed by atoms with Crippen LogP contribution in [0.4, 0.5) is 23.0 Å². The molecule has 4 aromatic rings. The summed E-state index contributed by atoms with van der Waals surface area (Å²) in [5, 5.41) is 4.44. The zero-order chi connectivity index (χ0) is 22.2. The molecule has 0 atom stereocenters. The molecular formula is C24H27N7O. The number of methoxy groups -OCH3 is 1. The van der Waals surface area contributed by atoms with E-state index in [4.69, 9.17) is 15.5 Å². The van der Waals surface area contributed by atoms with Gasteiger partial charge in [-0.15, -0.1) is 0 Å². The van der Waals surface area contributed by atoms with Crippen molar-refractivity contribution in [1.82, 2.24) is 19.4 Å². The van der Waals surface area contributed by atoms with Crippen LogP contribution in [0.25, 0.3) is 16.7 Å². The van der Waals surface area contributed by atoms with Gasteiger partial charge in [-0.3, -0.25) is 0 Å². The predicted octanol–water partition coefficient (Wildman–Crippen LogP) is 3.51. The van der Waals surface area contributed by atoms with Gasteiger partial charge in [0.1, 0.15) is 11.6 Å². The first-order chi connectivity index (χ1) is 15.5. The Labute approximate surface area is 187 Å². The molecule has 3 heterocycles. The van der Waals surface area contributed by atoms with Gasteiger partial charge in [0.25, 0.3) is 0 Å². The van der Waals surface area contributed by atoms with Gasteiger partial charge in [-0.25, -0.2) is 4.98 Å². The van der Waals surface area contributed by atoms with E-state index < -0.39 is 0 Å². The molecule has 1 saturated heterocycles. The lowest BCUT2D eigenvalue weighted by Gasteiger charge is -2.44. The smallest absolute Gasteiger partial charge is 0.229 e. The third-order valence-corrected chi connectivity index (χ3v) is 6.02. The Morgan fingerprint density at radius 1 is 1.12 bits per heavy atom. The van der Waals surface area contributed by atoms with E-state index in [-0.39, 0.29) is 0 Å². The van der Waals surface area contributed by atoms with Crippen molar-refractivity contribution in [2.24, 2.45) is 0 Å². The fourth-order valence-electron chi connectivity index (χ4n) is 4.05. The molecule has 8 nitrogen and oxygen atoms in total. The second-order valence-electron chi connectivity index (χ2n) is 8.24. The van der Waals surface area contributed by atoms with E-state index >= 15 is 0 Å². The van der Waals surface area contributed by atoms with Crippen LogP contribution in [0.1, 0.15) is 0 Å². The normalized spacial score (nSPS) is 14.1. The number of hydrogen-bond donors (Lipinski definition) is 2. The maximum absolute atomic E-state index is 6.40. The summed E-state index contributed by atoms with van der Waals surface area (Å²) in [6.07, 6.45) is 3.75. The summed E-state index contributed by atoms with van der Waals surface area (Å²) in [6, 6.07) is 16.6. The fourth-order valence-corrected chi connectivity index (χ4v) is 4.05. The first-order valence-corrected chi connectivity index (χ1v) is 10.6. The highest BCUT2D eigenvalue weighted by molar-refractivity contribution is 5.82. The van der Waals surface area contributed by atoms with E-state index in [1.54, 1.807) is 13.3 Å². The molecule has 0 saturated carbocycles. The van der Waals surface area contributed by atoms with Crippen molar-refractivity contribution in [1.29, 1.82) is 0 Å². The van der Waals surface area contributed by atoms with Gasteiger partial charge in [-0.05, 0) is 43.7 Å². The van der Waals surface area contributed by atoms with Crippen LogP contribution in [-0.4, -0.2) is 59.8 Å². The standard InChI is InChI=1S/C24H27N7O/c1-29(2)17-14-30(15-17)21-13-22(32-3)19(12-18(21)25)27-24-26-10-8-23(28-24)31-11-9-16-6-4-5-7-20(16)31/h4-13,17H,14-15,25H2,1-3H3,(H,26,27,28). The number of ether oxygens (including phenoxy) is 1. The van der Waals surface area contributed by atoms with Gasteiger partial charge >= 0.3 is 0 Å². The molecule has 8 heteroatoms. The molecule has 5 rings (SSSR count). The highest BCUT2D eigenvalue weighted by Gasteiger charge is 2.30. The van der Waals surface area contributed by atoms with E-state index in [2.05, 4.69) is 52.4 Å². The van der Waals surface area contributed by atoms with E-state index in [0.29, 0.717) is 23.4 Å². The largest absolute Gasteiger partial charge is 0.494 e. The third-order valence-electron chi connectivity index (χ3n) is 6.02. The fraction of sp³-hybridized carbons (Fsp3) is 0.250. The second kappa shape index (κ2) is 8.05. The number of hydrogen-bond acceptors (Lipinski definition) is 7. The quantitative estimate of drug-likeness (QED) is 0.454. The zero-order valence-corrected chi connectivity index (χ0v) is 18.5. The molecule has 0 radical (unpaired) electrons. The third kappa shape index (κ3) is 3.58. The van der Waals surface area contributed by atoms with Crippen molar-refractivity contribution >= 4 is 33.9 Å². The van der Waals surface area contributed by atoms with Gasteiger partial charge in [0, 0.05) is 37.6 Å². The topological polar surface area (TPSA) is 84.5 Å². The monoisotopic (exact) mass is 429 g/mol. The Hall–Kier alpha value is -3.78. The zero-order valence-electron chi connectivity index (χ0n) is 18.5. The van der Waals surface area contributed by atoms with Crippen molar-refractivity contribution in [3.63, 3.8) is 0 Å². The molecule has 0 amide bonds. The number of para-hydroxylation sites is 1. The second-order valence-corrected chi connectivity index (χ2v) is 8.24. The number of fused-ring (bicyclic) bond motifs is 1. The number of benzene rings is 2.